The maximum absolute atomic E-state index is 13.4. The van der Waals surface area contributed by atoms with E-state index < -0.39 is 24.0 Å². The summed E-state index contributed by atoms with van der Waals surface area (Å²) in [6, 6.07) is 6.97. The summed E-state index contributed by atoms with van der Waals surface area (Å²) in [6.07, 6.45) is 6.28. The molecule has 2 aromatic carbocycles. The van der Waals surface area contributed by atoms with Crippen molar-refractivity contribution in [2.45, 2.75) is 83.8 Å². The largest absolute Gasteiger partial charge is 0.507 e. The highest BCUT2D eigenvalue weighted by Crippen LogP contribution is 2.50. The summed E-state index contributed by atoms with van der Waals surface area (Å²) < 4.78 is 22.9. The second-order valence-electron chi connectivity index (χ2n) is 10.3. The van der Waals surface area contributed by atoms with Crippen molar-refractivity contribution in [2.75, 3.05) is 7.11 Å². The molecular formula is C31H36O8. The van der Waals surface area contributed by atoms with E-state index in [0.717, 1.165) is 0 Å². The molecule has 2 atom stereocenters. The van der Waals surface area contributed by atoms with Crippen molar-refractivity contribution in [2.24, 2.45) is 0 Å². The van der Waals surface area contributed by atoms with Crippen molar-refractivity contribution < 1.29 is 38.4 Å². The van der Waals surface area contributed by atoms with Gasteiger partial charge in [0.2, 0.25) is 0 Å². The van der Waals surface area contributed by atoms with E-state index in [9.17, 15) is 19.5 Å². The summed E-state index contributed by atoms with van der Waals surface area (Å²) in [5, 5.41) is 11.7. The smallest absolute Gasteiger partial charge is 0.342 e. The number of hydrogen-bond donors (Lipinski definition) is 1. The van der Waals surface area contributed by atoms with E-state index >= 15 is 0 Å². The van der Waals surface area contributed by atoms with Crippen molar-refractivity contribution in [1.82, 2.24) is 0 Å². The molecule has 0 aliphatic carbocycles. The number of phenols is 1. The molecular weight excluding hydrogens is 500 g/mol. The first-order valence-electron chi connectivity index (χ1n) is 13.5. The first-order valence-corrected chi connectivity index (χ1v) is 13.5. The molecule has 0 bridgehead atoms. The van der Waals surface area contributed by atoms with E-state index in [2.05, 4.69) is 0 Å². The SMILES string of the molecule is COc1cccc(C2CC(=O)Oc3cc4c(c(O)c32)C(=O)O[C@@H](C)CCCC(=O)CCCC=C4)c1OC(C)C. The van der Waals surface area contributed by atoms with Crippen LogP contribution in [0.1, 0.15) is 98.7 Å². The minimum atomic E-state index is -0.675. The molecule has 2 heterocycles. The van der Waals surface area contributed by atoms with Crippen molar-refractivity contribution in [3.8, 4) is 23.0 Å². The maximum Gasteiger partial charge on any atom is 0.342 e. The number of carbonyl (C=O) groups excluding carboxylic acids is 3. The number of hydrogen-bond acceptors (Lipinski definition) is 8. The molecule has 2 aliphatic rings. The number of ketones is 1. The number of aromatic hydroxyl groups is 1. The zero-order valence-electron chi connectivity index (χ0n) is 23.0. The highest BCUT2D eigenvalue weighted by atomic mass is 16.5. The van der Waals surface area contributed by atoms with Gasteiger partial charge in [0.1, 0.15) is 22.8 Å². The number of benzene rings is 2. The highest BCUT2D eigenvalue weighted by Gasteiger charge is 2.37. The van der Waals surface area contributed by atoms with Crippen LogP contribution in [0.15, 0.2) is 30.3 Å². The molecule has 0 amide bonds. The van der Waals surface area contributed by atoms with Gasteiger partial charge < -0.3 is 24.1 Å². The molecule has 0 saturated heterocycles. The Kier molecular flexibility index (Phi) is 8.94. The van der Waals surface area contributed by atoms with Gasteiger partial charge in [0.15, 0.2) is 11.5 Å². The van der Waals surface area contributed by atoms with Gasteiger partial charge in [-0.25, -0.2) is 4.79 Å². The van der Waals surface area contributed by atoms with Crippen LogP contribution < -0.4 is 14.2 Å². The lowest BCUT2D eigenvalue weighted by atomic mass is 9.83. The number of phenolic OH excluding ortho intramolecular Hbond substituents is 1. The van der Waals surface area contributed by atoms with Gasteiger partial charge in [0.05, 0.1) is 25.7 Å². The van der Waals surface area contributed by atoms with Crippen LogP contribution in [-0.2, 0) is 14.3 Å². The Labute approximate surface area is 228 Å². The van der Waals surface area contributed by atoms with Crippen molar-refractivity contribution in [3.63, 3.8) is 0 Å². The minimum absolute atomic E-state index is 0.0159. The van der Waals surface area contributed by atoms with Crippen LogP contribution in [0.4, 0.5) is 0 Å². The van der Waals surface area contributed by atoms with Crippen LogP contribution in [0.5, 0.6) is 23.0 Å². The third-order valence-corrected chi connectivity index (χ3v) is 6.94. The Balaban J connectivity index is 1.87. The molecule has 0 saturated carbocycles. The third-order valence-electron chi connectivity index (χ3n) is 6.94. The molecule has 1 N–H and O–H groups in total. The van der Waals surface area contributed by atoms with Crippen LogP contribution in [0, 0.1) is 0 Å². The molecule has 8 heteroatoms. The minimum Gasteiger partial charge on any atom is -0.507 e. The number of rotatable bonds is 4. The molecule has 0 spiro atoms. The van der Waals surface area contributed by atoms with Gasteiger partial charge in [0.25, 0.3) is 0 Å². The van der Waals surface area contributed by atoms with Gasteiger partial charge in [-0.05, 0) is 64.2 Å². The molecule has 2 aliphatic heterocycles. The fourth-order valence-electron chi connectivity index (χ4n) is 5.11. The number of esters is 2. The summed E-state index contributed by atoms with van der Waals surface area (Å²) in [6.45, 7) is 5.55. The Bertz CT molecular complexity index is 1280. The van der Waals surface area contributed by atoms with Crippen molar-refractivity contribution in [1.29, 1.82) is 0 Å². The van der Waals surface area contributed by atoms with Gasteiger partial charge >= 0.3 is 11.9 Å². The number of carbonyl (C=O) groups is 3. The fourth-order valence-corrected chi connectivity index (χ4v) is 5.11. The van der Waals surface area contributed by atoms with Gasteiger partial charge in [-0.3, -0.25) is 9.59 Å². The highest BCUT2D eigenvalue weighted by molar-refractivity contribution is 5.98. The van der Waals surface area contributed by atoms with Crippen LogP contribution in [-0.4, -0.2) is 42.1 Å². The average molecular weight is 537 g/mol. The van der Waals surface area contributed by atoms with E-state index in [0.29, 0.717) is 66.7 Å². The zero-order valence-corrected chi connectivity index (χ0v) is 23.0. The average Bonchev–Trinajstić information content (AvgIpc) is 2.87. The van der Waals surface area contributed by atoms with E-state index in [4.69, 9.17) is 18.9 Å². The second-order valence-corrected chi connectivity index (χ2v) is 10.3. The first kappa shape index (κ1) is 28.2. The Morgan fingerprint density at radius 1 is 1.10 bits per heavy atom. The van der Waals surface area contributed by atoms with Gasteiger partial charge in [0, 0.05) is 29.9 Å². The number of ether oxygens (including phenoxy) is 4. The molecule has 2 aromatic rings. The lowest BCUT2D eigenvalue weighted by molar-refractivity contribution is -0.135. The molecule has 4 rings (SSSR count). The predicted molar refractivity (Wildman–Crippen MR) is 146 cm³/mol. The number of Topliss-reactive ketones (excluding diaryl/α,β-unsaturated/α-hetero) is 1. The van der Waals surface area contributed by atoms with Gasteiger partial charge in [-0.2, -0.15) is 0 Å². The fraction of sp³-hybridized carbons (Fsp3) is 0.452. The summed E-state index contributed by atoms with van der Waals surface area (Å²) in [5.74, 6) is -0.753. The lowest BCUT2D eigenvalue weighted by Gasteiger charge is -2.29. The molecule has 39 heavy (non-hydrogen) atoms. The summed E-state index contributed by atoms with van der Waals surface area (Å²) in [4.78, 5) is 38.3. The Morgan fingerprint density at radius 2 is 1.87 bits per heavy atom. The molecule has 208 valence electrons. The van der Waals surface area contributed by atoms with Crippen molar-refractivity contribution >= 4 is 23.8 Å². The summed E-state index contributed by atoms with van der Waals surface area (Å²) in [5.41, 5.74) is 1.35. The first-order chi connectivity index (χ1) is 18.7. The number of allylic oxidation sites excluding steroid dienone is 1. The van der Waals surface area contributed by atoms with E-state index in [1.807, 2.05) is 26.0 Å². The zero-order chi connectivity index (χ0) is 28.1. The molecule has 8 nitrogen and oxygen atoms in total. The van der Waals surface area contributed by atoms with Gasteiger partial charge in [-0.15, -0.1) is 0 Å². The number of para-hydroxylation sites is 1. The molecule has 0 fully saturated rings. The third kappa shape index (κ3) is 6.44. The van der Waals surface area contributed by atoms with Crippen LogP contribution in [0.3, 0.4) is 0 Å². The standard InChI is InChI=1S/C31H36O8/c1-18(2)37-30-22(14-9-15-24(30)36-4)23-17-26(33)39-25-16-20-11-6-5-7-12-21(32)13-8-10-19(3)38-31(35)27(20)29(34)28(23)25/h6,9,11,14-16,18-19,23,34H,5,7-8,10,12-13,17H2,1-4H3/t19-,23?/m0/s1. The van der Waals surface area contributed by atoms with Crippen molar-refractivity contribution in [3.05, 3.63) is 52.6 Å². The van der Waals surface area contributed by atoms with Crippen LogP contribution in [0.2, 0.25) is 0 Å². The second kappa shape index (κ2) is 12.4. The maximum atomic E-state index is 13.4. The molecule has 0 radical (unpaired) electrons. The topological polar surface area (TPSA) is 108 Å². The summed E-state index contributed by atoms with van der Waals surface area (Å²) in [7, 11) is 1.54. The van der Waals surface area contributed by atoms with E-state index in [1.165, 1.54) is 7.11 Å². The normalized spacial score (nSPS) is 20.4. The number of fused-ring (bicyclic) bond motifs is 2. The predicted octanol–water partition coefficient (Wildman–Crippen LogP) is 6.11. The Hall–Kier alpha value is -3.81. The van der Waals surface area contributed by atoms with E-state index in [1.54, 1.807) is 31.2 Å². The number of cyclic esters (lactones) is 1. The van der Waals surface area contributed by atoms with Gasteiger partial charge in [-0.1, -0.05) is 24.3 Å². The monoisotopic (exact) mass is 536 g/mol. The van der Waals surface area contributed by atoms with Crippen LogP contribution >= 0.6 is 0 Å². The van der Waals surface area contributed by atoms with Crippen LogP contribution in [0.25, 0.3) is 6.08 Å². The van der Waals surface area contributed by atoms with E-state index in [-0.39, 0.29) is 35.4 Å². The molecule has 1 unspecified atom stereocenters. The number of methoxy groups -OCH3 is 1. The quantitative estimate of drug-likeness (QED) is 0.368. The Morgan fingerprint density at radius 3 is 2.62 bits per heavy atom. The molecule has 0 aromatic heterocycles. The summed E-state index contributed by atoms with van der Waals surface area (Å²) >= 11 is 0. The lowest BCUT2D eigenvalue weighted by Crippen LogP contribution is -2.24.